The van der Waals surface area contributed by atoms with Gasteiger partial charge in [-0.15, -0.1) is 11.3 Å². The number of rotatable bonds is 6. The van der Waals surface area contributed by atoms with Crippen LogP contribution in [0.2, 0.25) is 0 Å². The van der Waals surface area contributed by atoms with Crippen molar-refractivity contribution in [1.82, 2.24) is 5.32 Å². The normalized spacial score (nSPS) is 13.8. The monoisotopic (exact) mass is 297 g/mol. The summed E-state index contributed by atoms with van der Waals surface area (Å²) in [4.78, 5) is 24.6. The molecule has 0 saturated carbocycles. The van der Waals surface area contributed by atoms with Gasteiger partial charge in [-0.25, -0.2) is 0 Å². The number of amides is 2. The largest absolute Gasteiger partial charge is 0.395 e. The second kappa shape index (κ2) is 6.83. The van der Waals surface area contributed by atoms with Crippen molar-refractivity contribution < 1.29 is 14.7 Å². The average Bonchev–Trinajstić information content (AvgIpc) is 2.76. The second-order valence-corrected chi connectivity index (χ2v) is 5.83. The van der Waals surface area contributed by atoms with Gasteiger partial charge in [0, 0.05) is 11.4 Å². The summed E-state index contributed by atoms with van der Waals surface area (Å²) in [5, 5.41) is 14.7. The lowest BCUT2D eigenvalue weighted by Gasteiger charge is -2.11. The second-order valence-electron chi connectivity index (χ2n) is 4.73. The fraction of sp³-hybridized carbons (Fsp3) is 0.538. The summed E-state index contributed by atoms with van der Waals surface area (Å²) < 4.78 is 0. The molecule has 2 amide bonds. The minimum absolute atomic E-state index is 0.0207. The first-order valence-corrected chi connectivity index (χ1v) is 7.51. The highest BCUT2D eigenvalue weighted by Gasteiger charge is 2.24. The van der Waals surface area contributed by atoms with Crippen LogP contribution < -0.4 is 16.4 Å². The highest BCUT2D eigenvalue weighted by Crippen LogP contribution is 2.37. The minimum atomic E-state index is -0.483. The summed E-state index contributed by atoms with van der Waals surface area (Å²) in [6, 6.07) is 0. The molecule has 0 radical (unpaired) electrons. The van der Waals surface area contributed by atoms with Crippen LogP contribution in [0.5, 0.6) is 0 Å². The number of hydrogen-bond donors (Lipinski definition) is 4. The number of carbonyl (C=O) groups is 2. The van der Waals surface area contributed by atoms with E-state index in [0.717, 1.165) is 36.1 Å². The number of aliphatic hydroxyl groups is 1. The van der Waals surface area contributed by atoms with E-state index in [1.54, 1.807) is 0 Å². The Labute approximate surface area is 121 Å². The first kappa shape index (κ1) is 15.0. The van der Waals surface area contributed by atoms with Gasteiger partial charge in [0.15, 0.2) is 0 Å². The molecular weight excluding hydrogens is 278 g/mol. The molecule has 110 valence electrons. The van der Waals surface area contributed by atoms with Crippen LogP contribution in [-0.2, 0) is 17.6 Å². The van der Waals surface area contributed by atoms with Crippen LogP contribution in [0.1, 0.15) is 33.6 Å². The molecule has 1 aliphatic carbocycles. The number of anilines is 1. The van der Waals surface area contributed by atoms with Crippen molar-refractivity contribution in [3.63, 3.8) is 0 Å². The molecule has 0 saturated heterocycles. The van der Waals surface area contributed by atoms with Crippen LogP contribution in [-0.4, -0.2) is 36.6 Å². The van der Waals surface area contributed by atoms with Crippen molar-refractivity contribution in [3.05, 3.63) is 16.0 Å². The third kappa shape index (κ3) is 3.36. The van der Waals surface area contributed by atoms with Crippen molar-refractivity contribution in [2.75, 3.05) is 25.0 Å². The number of fused-ring (bicyclic) bond motifs is 1. The van der Waals surface area contributed by atoms with E-state index in [4.69, 9.17) is 10.8 Å². The van der Waals surface area contributed by atoms with Gasteiger partial charge in [-0.05, 0) is 31.2 Å². The molecule has 7 heteroatoms. The first-order chi connectivity index (χ1) is 9.63. The van der Waals surface area contributed by atoms with E-state index in [1.165, 1.54) is 11.3 Å². The molecule has 0 unspecified atom stereocenters. The van der Waals surface area contributed by atoms with Crippen LogP contribution in [0.4, 0.5) is 5.00 Å². The van der Waals surface area contributed by atoms with E-state index < -0.39 is 5.91 Å². The zero-order valence-electron chi connectivity index (χ0n) is 11.2. The Balaban J connectivity index is 2.12. The van der Waals surface area contributed by atoms with Crippen molar-refractivity contribution in [2.45, 2.75) is 25.7 Å². The maximum Gasteiger partial charge on any atom is 0.251 e. The molecule has 5 N–H and O–H groups in total. The van der Waals surface area contributed by atoms with E-state index in [9.17, 15) is 9.59 Å². The van der Waals surface area contributed by atoms with Crippen LogP contribution in [0.15, 0.2) is 0 Å². The smallest absolute Gasteiger partial charge is 0.251 e. The van der Waals surface area contributed by atoms with Crippen LogP contribution >= 0.6 is 11.3 Å². The molecule has 1 heterocycles. The summed E-state index contributed by atoms with van der Waals surface area (Å²) in [6.45, 7) is 0.436. The standard InChI is InChI=1S/C13H19N3O3S/c14-12(19)11-8-3-1-2-4-9(8)20-13(11)16-10(18)7-15-5-6-17/h15,17H,1-7H2,(H2,14,19)(H,16,18). The molecule has 0 aromatic carbocycles. The molecule has 0 spiro atoms. The van der Waals surface area contributed by atoms with Crippen LogP contribution in [0.3, 0.4) is 0 Å². The van der Waals surface area contributed by atoms with Gasteiger partial charge in [-0.1, -0.05) is 0 Å². The molecule has 0 atom stereocenters. The average molecular weight is 297 g/mol. The summed E-state index contributed by atoms with van der Waals surface area (Å²) in [5.74, 6) is -0.720. The van der Waals surface area contributed by atoms with E-state index in [2.05, 4.69) is 10.6 Å². The van der Waals surface area contributed by atoms with Gasteiger partial charge in [0.25, 0.3) is 5.91 Å². The Morgan fingerprint density at radius 2 is 2.05 bits per heavy atom. The Bertz CT molecular complexity index is 513. The Morgan fingerprint density at radius 1 is 1.30 bits per heavy atom. The minimum Gasteiger partial charge on any atom is -0.395 e. The molecule has 0 aliphatic heterocycles. The predicted molar refractivity (Wildman–Crippen MR) is 78.1 cm³/mol. The third-order valence-electron chi connectivity index (χ3n) is 3.24. The summed E-state index contributed by atoms with van der Waals surface area (Å²) in [7, 11) is 0. The first-order valence-electron chi connectivity index (χ1n) is 6.69. The number of nitrogens with two attached hydrogens (primary N) is 1. The predicted octanol–water partition coefficient (Wildman–Crippen LogP) is 0.246. The van der Waals surface area contributed by atoms with Gasteiger partial charge in [0.05, 0.1) is 18.7 Å². The maximum atomic E-state index is 11.8. The van der Waals surface area contributed by atoms with Crippen molar-refractivity contribution >= 4 is 28.2 Å². The number of aryl methyl sites for hydroxylation is 1. The van der Waals surface area contributed by atoms with Gasteiger partial charge in [0.1, 0.15) is 5.00 Å². The number of carbonyl (C=O) groups excluding carboxylic acids is 2. The molecular formula is C13H19N3O3S. The van der Waals surface area contributed by atoms with Crippen LogP contribution in [0.25, 0.3) is 0 Å². The molecule has 1 aromatic rings. The van der Waals surface area contributed by atoms with E-state index >= 15 is 0 Å². The number of nitrogens with one attached hydrogen (secondary N) is 2. The highest BCUT2D eigenvalue weighted by atomic mass is 32.1. The topological polar surface area (TPSA) is 104 Å². The fourth-order valence-corrected chi connectivity index (χ4v) is 3.68. The lowest BCUT2D eigenvalue weighted by atomic mass is 9.95. The number of thiophene rings is 1. The molecule has 2 rings (SSSR count). The maximum absolute atomic E-state index is 11.8. The van der Waals surface area contributed by atoms with Crippen LogP contribution in [0, 0.1) is 0 Å². The summed E-state index contributed by atoms with van der Waals surface area (Å²) in [6.07, 6.45) is 3.95. The zero-order valence-corrected chi connectivity index (χ0v) is 12.0. The van der Waals surface area contributed by atoms with Gasteiger partial charge in [-0.2, -0.15) is 0 Å². The van der Waals surface area contributed by atoms with Crippen molar-refractivity contribution in [2.24, 2.45) is 5.73 Å². The number of primary amides is 1. The van der Waals surface area contributed by atoms with Gasteiger partial charge in [0.2, 0.25) is 5.91 Å². The Hall–Kier alpha value is -1.44. The molecule has 1 aromatic heterocycles. The molecule has 0 bridgehead atoms. The SMILES string of the molecule is NC(=O)c1c(NC(=O)CNCCO)sc2c1CCCC2. The molecule has 0 fully saturated rings. The molecule has 1 aliphatic rings. The number of hydrogen-bond acceptors (Lipinski definition) is 5. The van der Waals surface area contributed by atoms with Gasteiger partial charge >= 0.3 is 0 Å². The van der Waals surface area contributed by atoms with Crippen molar-refractivity contribution in [3.8, 4) is 0 Å². The fourth-order valence-electron chi connectivity index (χ4n) is 2.37. The quantitative estimate of drug-likeness (QED) is 0.565. The Kier molecular flexibility index (Phi) is 5.11. The molecule has 6 nitrogen and oxygen atoms in total. The lowest BCUT2D eigenvalue weighted by Crippen LogP contribution is -2.30. The summed E-state index contributed by atoms with van der Waals surface area (Å²) in [5.41, 5.74) is 6.93. The Morgan fingerprint density at radius 3 is 2.75 bits per heavy atom. The van der Waals surface area contributed by atoms with E-state index in [1.807, 2.05) is 0 Å². The summed E-state index contributed by atoms with van der Waals surface area (Å²) >= 11 is 1.45. The highest BCUT2D eigenvalue weighted by molar-refractivity contribution is 7.17. The van der Waals surface area contributed by atoms with Gasteiger partial charge in [-0.3, -0.25) is 9.59 Å². The zero-order chi connectivity index (χ0) is 14.5. The third-order valence-corrected chi connectivity index (χ3v) is 4.45. The lowest BCUT2D eigenvalue weighted by molar-refractivity contribution is -0.115. The van der Waals surface area contributed by atoms with E-state index in [-0.39, 0.29) is 19.1 Å². The van der Waals surface area contributed by atoms with Crippen molar-refractivity contribution in [1.29, 1.82) is 0 Å². The number of aliphatic hydroxyl groups excluding tert-OH is 1. The molecule has 20 heavy (non-hydrogen) atoms. The van der Waals surface area contributed by atoms with Gasteiger partial charge < -0.3 is 21.5 Å². The van der Waals surface area contributed by atoms with E-state index in [0.29, 0.717) is 17.1 Å².